The minimum atomic E-state index is -0.968. The van der Waals surface area contributed by atoms with E-state index in [-0.39, 0.29) is 11.7 Å². The Morgan fingerprint density at radius 1 is 1.23 bits per heavy atom. The third-order valence-corrected chi connectivity index (χ3v) is 2.84. The molecule has 1 atom stereocenters. The average molecular weight is 303 g/mol. The molecule has 0 aliphatic carbocycles. The van der Waals surface area contributed by atoms with E-state index < -0.39 is 18.0 Å². The number of carbonyl (C=O) groups is 2. The second-order valence-corrected chi connectivity index (χ2v) is 4.88. The van der Waals surface area contributed by atoms with Crippen molar-refractivity contribution in [3.05, 3.63) is 36.5 Å². The quantitative estimate of drug-likeness (QED) is 0.839. The van der Waals surface area contributed by atoms with E-state index in [0.29, 0.717) is 5.82 Å². The van der Waals surface area contributed by atoms with E-state index in [2.05, 4.69) is 20.4 Å². The smallest absolute Gasteiger partial charge is 0.359 e. The van der Waals surface area contributed by atoms with Gasteiger partial charge >= 0.3 is 5.97 Å². The summed E-state index contributed by atoms with van der Waals surface area (Å²) in [5.41, 5.74) is 0.0503. The van der Waals surface area contributed by atoms with E-state index in [0.717, 1.165) is 0 Å². The number of amides is 1. The summed E-state index contributed by atoms with van der Waals surface area (Å²) >= 11 is 0. The SMILES string of the molecule is CC(C)n1nccc1NC(=O)[C@@H](C)OC(=O)c1cnccn1. The number of anilines is 1. The van der Waals surface area contributed by atoms with Gasteiger partial charge in [-0.1, -0.05) is 0 Å². The van der Waals surface area contributed by atoms with Crippen molar-refractivity contribution in [2.24, 2.45) is 0 Å². The number of rotatable bonds is 5. The first-order valence-electron chi connectivity index (χ1n) is 6.80. The van der Waals surface area contributed by atoms with Gasteiger partial charge in [-0.3, -0.25) is 9.78 Å². The Bertz CT molecular complexity index is 654. The molecule has 0 aliphatic heterocycles. The third kappa shape index (κ3) is 3.66. The Labute approximate surface area is 127 Å². The highest BCUT2D eigenvalue weighted by Gasteiger charge is 2.21. The highest BCUT2D eigenvalue weighted by Crippen LogP contribution is 2.13. The highest BCUT2D eigenvalue weighted by molar-refractivity contribution is 5.96. The maximum atomic E-state index is 12.1. The molecule has 0 bridgehead atoms. The molecule has 8 heteroatoms. The molecule has 2 aromatic rings. The number of hydrogen-bond donors (Lipinski definition) is 1. The van der Waals surface area contributed by atoms with Gasteiger partial charge in [-0.15, -0.1) is 0 Å². The largest absolute Gasteiger partial charge is 0.448 e. The Balaban J connectivity index is 1.98. The molecular weight excluding hydrogens is 286 g/mol. The Hall–Kier alpha value is -2.77. The standard InChI is InChI=1S/C14H17N5O3/c1-9(2)19-12(4-5-17-19)18-13(20)10(3)22-14(21)11-8-15-6-7-16-11/h4-10H,1-3H3,(H,18,20)/t10-/m1/s1. The van der Waals surface area contributed by atoms with Crippen LogP contribution < -0.4 is 5.32 Å². The lowest BCUT2D eigenvalue weighted by atomic mass is 10.3. The van der Waals surface area contributed by atoms with Gasteiger partial charge in [0.25, 0.3) is 5.91 Å². The van der Waals surface area contributed by atoms with Crippen LogP contribution in [0, 0.1) is 0 Å². The van der Waals surface area contributed by atoms with Gasteiger partial charge in [0.15, 0.2) is 11.8 Å². The fourth-order valence-electron chi connectivity index (χ4n) is 1.73. The van der Waals surface area contributed by atoms with E-state index in [1.807, 2.05) is 13.8 Å². The fraction of sp³-hybridized carbons (Fsp3) is 0.357. The number of nitrogens with one attached hydrogen (secondary N) is 1. The summed E-state index contributed by atoms with van der Waals surface area (Å²) in [5, 5.41) is 6.79. The molecule has 0 fully saturated rings. The molecule has 1 amide bonds. The van der Waals surface area contributed by atoms with Gasteiger partial charge in [-0.25, -0.2) is 14.5 Å². The molecule has 116 valence electrons. The summed E-state index contributed by atoms with van der Waals surface area (Å²) in [6.45, 7) is 5.38. The zero-order chi connectivity index (χ0) is 16.1. The van der Waals surface area contributed by atoms with Crippen LogP contribution in [0.1, 0.15) is 37.3 Å². The molecule has 0 aromatic carbocycles. The summed E-state index contributed by atoms with van der Waals surface area (Å²) in [7, 11) is 0. The first kappa shape index (κ1) is 15.6. The van der Waals surface area contributed by atoms with Crippen molar-refractivity contribution in [3.8, 4) is 0 Å². The lowest BCUT2D eigenvalue weighted by Gasteiger charge is -2.15. The first-order chi connectivity index (χ1) is 10.5. The van der Waals surface area contributed by atoms with E-state index in [4.69, 9.17) is 4.74 Å². The van der Waals surface area contributed by atoms with E-state index in [9.17, 15) is 9.59 Å². The fourth-order valence-corrected chi connectivity index (χ4v) is 1.73. The molecule has 0 saturated carbocycles. The monoisotopic (exact) mass is 303 g/mol. The van der Waals surface area contributed by atoms with Crippen LogP contribution in [0.25, 0.3) is 0 Å². The molecule has 0 spiro atoms. The van der Waals surface area contributed by atoms with Crippen LogP contribution in [-0.4, -0.2) is 37.7 Å². The van der Waals surface area contributed by atoms with E-state index >= 15 is 0 Å². The van der Waals surface area contributed by atoms with Gasteiger partial charge in [0.1, 0.15) is 5.82 Å². The Morgan fingerprint density at radius 2 is 2.00 bits per heavy atom. The topological polar surface area (TPSA) is 99.0 Å². The normalized spacial score (nSPS) is 12.0. The molecule has 2 aromatic heterocycles. The van der Waals surface area contributed by atoms with Crippen LogP contribution >= 0.6 is 0 Å². The van der Waals surface area contributed by atoms with Crippen molar-refractivity contribution in [2.75, 3.05) is 5.32 Å². The van der Waals surface area contributed by atoms with E-state index in [1.54, 1.807) is 16.9 Å². The van der Waals surface area contributed by atoms with Gasteiger partial charge in [0.05, 0.1) is 12.4 Å². The van der Waals surface area contributed by atoms with Crippen molar-refractivity contribution in [2.45, 2.75) is 32.9 Å². The van der Waals surface area contributed by atoms with Crippen molar-refractivity contribution < 1.29 is 14.3 Å². The predicted octanol–water partition coefficient (Wildman–Crippen LogP) is 1.44. The number of carbonyl (C=O) groups excluding carboxylic acids is 2. The lowest BCUT2D eigenvalue weighted by Crippen LogP contribution is -2.31. The van der Waals surface area contributed by atoms with Gasteiger partial charge in [-0.05, 0) is 20.8 Å². The molecule has 0 radical (unpaired) electrons. The second-order valence-electron chi connectivity index (χ2n) is 4.88. The van der Waals surface area contributed by atoms with Crippen molar-refractivity contribution in [3.63, 3.8) is 0 Å². The Kier molecular flexibility index (Phi) is 4.82. The first-order valence-corrected chi connectivity index (χ1v) is 6.80. The molecular formula is C14H17N5O3. The number of esters is 1. The van der Waals surface area contributed by atoms with Crippen LogP contribution in [0.3, 0.4) is 0 Å². The van der Waals surface area contributed by atoms with Crippen molar-refractivity contribution in [1.29, 1.82) is 0 Å². The average Bonchev–Trinajstić information content (AvgIpc) is 2.96. The molecule has 0 saturated heterocycles. The van der Waals surface area contributed by atoms with Crippen LogP contribution in [0.2, 0.25) is 0 Å². The molecule has 0 aliphatic rings. The van der Waals surface area contributed by atoms with Crippen LogP contribution in [0.4, 0.5) is 5.82 Å². The van der Waals surface area contributed by atoms with Gasteiger partial charge in [0.2, 0.25) is 0 Å². The molecule has 22 heavy (non-hydrogen) atoms. The summed E-state index contributed by atoms with van der Waals surface area (Å²) < 4.78 is 6.73. The van der Waals surface area contributed by atoms with Crippen LogP contribution in [0.5, 0.6) is 0 Å². The molecule has 2 heterocycles. The maximum absolute atomic E-state index is 12.1. The number of nitrogens with zero attached hydrogens (tertiary/aromatic N) is 4. The summed E-state index contributed by atoms with van der Waals surface area (Å²) in [6, 6.07) is 1.78. The molecule has 8 nitrogen and oxygen atoms in total. The lowest BCUT2D eigenvalue weighted by molar-refractivity contribution is -0.123. The van der Waals surface area contributed by atoms with Crippen LogP contribution in [0.15, 0.2) is 30.9 Å². The maximum Gasteiger partial charge on any atom is 0.359 e. The molecule has 2 rings (SSSR count). The van der Waals surface area contributed by atoms with Gasteiger partial charge < -0.3 is 10.1 Å². The summed E-state index contributed by atoms with van der Waals surface area (Å²) in [6.07, 6.45) is 4.72. The van der Waals surface area contributed by atoms with Gasteiger partial charge in [-0.2, -0.15) is 5.10 Å². The second kappa shape index (κ2) is 6.79. The molecule has 1 N–H and O–H groups in total. The minimum absolute atomic E-state index is 0.0503. The van der Waals surface area contributed by atoms with E-state index in [1.165, 1.54) is 25.5 Å². The molecule has 0 unspecified atom stereocenters. The number of aromatic nitrogens is 4. The zero-order valence-electron chi connectivity index (χ0n) is 12.6. The number of hydrogen-bond acceptors (Lipinski definition) is 6. The summed E-state index contributed by atoms with van der Waals surface area (Å²) in [4.78, 5) is 31.5. The minimum Gasteiger partial charge on any atom is -0.448 e. The summed E-state index contributed by atoms with van der Waals surface area (Å²) in [5.74, 6) is -0.602. The third-order valence-electron chi connectivity index (χ3n) is 2.84. The Morgan fingerprint density at radius 3 is 2.64 bits per heavy atom. The number of ether oxygens (including phenoxy) is 1. The zero-order valence-corrected chi connectivity index (χ0v) is 12.6. The van der Waals surface area contributed by atoms with Gasteiger partial charge in [0, 0.05) is 24.5 Å². The highest BCUT2D eigenvalue weighted by atomic mass is 16.5. The van der Waals surface area contributed by atoms with Crippen molar-refractivity contribution >= 4 is 17.7 Å². The predicted molar refractivity (Wildman–Crippen MR) is 78.2 cm³/mol. The van der Waals surface area contributed by atoms with Crippen molar-refractivity contribution in [1.82, 2.24) is 19.7 Å². The van der Waals surface area contributed by atoms with Crippen LogP contribution in [-0.2, 0) is 9.53 Å².